The summed E-state index contributed by atoms with van der Waals surface area (Å²) in [5.74, 6) is 1.14. The Kier molecular flexibility index (Phi) is 7.25. The fraction of sp³-hybridized carbons (Fsp3) is 0.261. The zero-order valence-corrected chi connectivity index (χ0v) is 20.1. The van der Waals surface area contributed by atoms with E-state index in [0.717, 1.165) is 6.20 Å². The highest BCUT2D eigenvalue weighted by atomic mass is 35.5. The van der Waals surface area contributed by atoms with Crippen LogP contribution in [0.25, 0.3) is 22.6 Å². The van der Waals surface area contributed by atoms with Crippen LogP contribution in [-0.2, 0) is 7.05 Å². The number of nitrogens with two attached hydrogens (primary N) is 1. The van der Waals surface area contributed by atoms with Crippen LogP contribution in [0.4, 0.5) is 15.9 Å². The van der Waals surface area contributed by atoms with Gasteiger partial charge in [-0.05, 0) is 19.1 Å². The minimum Gasteiger partial charge on any atom is -0.494 e. The van der Waals surface area contributed by atoms with Gasteiger partial charge in [-0.3, -0.25) is 0 Å². The van der Waals surface area contributed by atoms with Gasteiger partial charge in [0.05, 0.1) is 26.1 Å². The average molecular weight is 499 g/mol. The highest BCUT2D eigenvalue weighted by Gasteiger charge is 2.18. The highest BCUT2D eigenvalue weighted by molar-refractivity contribution is 6.29. The van der Waals surface area contributed by atoms with Crippen molar-refractivity contribution in [2.24, 2.45) is 7.05 Å². The van der Waals surface area contributed by atoms with Crippen LogP contribution in [0.2, 0.25) is 5.15 Å². The number of methoxy groups -OCH3 is 1. The summed E-state index contributed by atoms with van der Waals surface area (Å²) in [5, 5.41) is 7.97. The first-order valence-electron chi connectivity index (χ1n) is 10.7. The molecule has 0 aliphatic carbocycles. The van der Waals surface area contributed by atoms with Gasteiger partial charge in [-0.15, -0.1) is 0 Å². The van der Waals surface area contributed by atoms with Crippen LogP contribution in [-0.4, -0.2) is 49.5 Å². The van der Waals surface area contributed by atoms with Gasteiger partial charge in [0.15, 0.2) is 5.82 Å². The summed E-state index contributed by atoms with van der Waals surface area (Å²) >= 11 is 6.14. The van der Waals surface area contributed by atoms with Gasteiger partial charge in [0, 0.05) is 49.2 Å². The third kappa shape index (κ3) is 5.57. The topological polar surface area (TPSA) is 126 Å². The molecule has 4 rings (SSSR count). The van der Waals surface area contributed by atoms with Crippen molar-refractivity contribution < 1.29 is 13.9 Å². The summed E-state index contributed by atoms with van der Waals surface area (Å²) in [6.07, 6.45) is 6.56. The van der Waals surface area contributed by atoms with Crippen molar-refractivity contribution >= 4 is 23.1 Å². The summed E-state index contributed by atoms with van der Waals surface area (Å²) in [6, 6.07) is 4.55. The molecule has 10 nitrogen and oxygen atoms in total. The van der Waals surface area contributed by atoms with Crippen molar-refractivity contribution in [2.45, 2.75) is 19.4 Å². The third-order valence-corrected chi connectivity index (χ3v) is 5.37. The third-order valence-electron chi connectivity index (χ3n) is 5.16. The molecule has 0 saturated heterocycles. The molecule has 0 saturated carbocycles. The lowest BCUT2D eigenvalue weighted by Crippen LogP contribution is -2.19. The van der Waals surface area contributed by atoms with Crippen LogP contribution in [0, 0.1) is 5.82 Å². The number of hydrogen-bond donors (Lipinski definition) is 2. The number of rotatable bonds is 9. The normalized spacial score (nSPS) is 11.8. The molecule has 4 heterocycles. The molecule has 12 heteroatoms. The van der Waals surface area contributed by atoms with Gasteiger partial charge < -0.3 is 20.5 Å². The van der Waals surface area contributed by atoms with Crippen LogP contribution < -0.4 is 20.5 Å². The predicted molar refractivity (Wildman–Crippen MR) is 131 cm³/mol. The number of anilines is 2. The quantitative estimate of drug-likeness (QED) is 0.329. The lowest BCUT2D eigenvalue weighted by molar-refractivity contribution is 0.280. The van der Waals surface area contributed by atoms with Gasteiger partial charge in [-0.1, -0.05) is 11.6 Å². The van der Waals surface area contributed by atoms with Crippen molar-refractivity contribution in [3.05, 3.63) is 54.0 Å². The van der Waals surface area contributed by atoms with Crippen LogP contribution >= 0.6 is 11.6 Å². The van der Waals surface area contributed by atoms with E-state index in [-0.39, 0.29) is 6.04 Å². The molecule has 4 aromatic heterocycles. The van der Waals surface area contributed by atoms with Crippen LogP contribution in [0.5, 0.6) is 11.6 Å². The molecule has 0 aromatic carbocycles. The van der Waals surface area contributed by atoms with E-state index in [1.165, 1.54) is 13.2 Å². The Hall–Kier alpha value is -3.99. The fourth-order valence-electron chi connectivity index (χ4n) is 3.44. The Labute approximate surface area is 206 Å². The first kappa shape index (κ1) is 24.1. The number of nitrogen functional groups attached to an aromatic ring is 1. The number of nitrogens with zero attached hydrogens (tertiary/aromatic N) is 6. The lowest BCUT2D eigenvalue weighted by atomic mass is 10.1. The first-order chi connectivity index (χ1) is 16.9. The van der Waals surface area contributed by atoms with Gasteiger partial charge in [0.25, 0.3) is 0 Å². The van der Waals surface area contributed by atoms with Gasteiger partial charge in [-0.25, -0.2) is 29.0 Å². The number of ether oxygens (including phenoxy) is 2. The summed E-state index contributed by atoms with van der Waals surface area (Å²) in [4.78, 5) is 16.8. The van der Waals surface area contributed by atoms with E-state index in [0.29, 0.717) is 64.0 Å². The Morgan fingerprint density at radius 1 is 1.17 bits per heavy atom. The van der Waals surface area contributed by atoms with E-state index in [2.05, 4.69) is 30.4 Å². The van der Waals surface area contributed by atoms with Crippen LogP contribution in [0.1, 0.15) is 13.3 Å². The molecule has 0 radical (unpaired) electrons. The Bertz CT molecular complexity index is 1330. The maximum Gasteiger partial charge on any atom is 0.222 e. The van der Waals surface area contributed by atoms with E-state index in [4.69, 9.17) is 26.8 Å². The number of pyridine rings is 2. The minimum absolute atomic E-state index is 0.0287. The molecule has 182 valence electrons. The number of aromatic nitrogens is 6. The van der Waals surface area contributed by atoms with E-state index in [1.54, 1.807) is 42.5 Å². The van der Waals surface area contributed by atoms with E-state index in [9.17, 15) is 4.39 Å². The lowest BCUT2D eigenvalue weighted by Gasteiger charge is -2.19. The van der Waals surface area contributed by atoms with E-state index in [1.807, 2.05) is 6.92 Å². The summed E-state index contributed by atoms with van der Waals surface area (Å²) in [7, 11) is 3.24. The molecule has 0 aliphatic heterocycles. The molecule has 0 spiro atoms. The number of nitrogens with one attached hydrogen (secondary N) is 1. The second-order valence-electron chi connectivity index (χ2n) is 7.73. The number of hydrogen-bond acceptors (Lipinski definition) is 9. The van der Waals surface area contributed by atoms with E-state index >= 15 is 0 Å². The zero-order chi connectivity index (χ0) is 24.9. The zero-order valence-electron chi connectivity index (χ0n) is 19.4. The van der Waals surface area contributed by atoms with Crippen molar-refractivity contribution in [3.63, 3.8) is 0 Å². The number of halogens is 2. The molecule has 0 aliphatic rings. The first-order valence-corrected chi connectivity index (χ1v) is 11.1. The molecule has 3 N–H and O–H groups in total. The monoisotopic (exact) mass is 498 g/mol. The highest BCUT2D eigenvalue weighted by Crippen LogP contribution is 2.35. The van der Waals surface area contributed by atoms with Gasteiger partial charge in [0.2, 0.25) is 5.88 Å². The molecule has 4 aromatic rings. The maximum absolute atomic E-state index is 13.6. The van der Waals surface area contributed by atoms with Crippen molar-refractivity contribution in [3.8, 4) is 34.3 Å². The molecule has 35 heavy (non-hydrogen) atoms. The minimum atomic E-state index is -0.495. The van der Waals surface area contributed by atoms with Crippen LogP contribution in [0.3, 0.4) is 0 Å². The van der Waals surface area contributed by atoms with Gasteiger partial charge in [-0.2, -0.15) is 5.10 Å². The molecule has 0 amide bonds. The van der Waals surface area contributed by atoms with Crippen LogP contribution in [0.15, 0.2) is 43.0 Å². The fourth-order valence-corrected chi connectivity index (χ4v) is 3.60. The summed E-state index contributed by atoms with van der Waals surface area (Å²) in [6.45, 7) is 2.39. The summed E-state index contributed by atoms with van der Waals surface area (Å²) in [5.41, 5.74) is 8.20. The van der Waals surface area contributed by atoms with Crippen molar-refractivity contribution in [1.29, 1.82) is 0 Å². The molecule has 0 unspecified atom stereocenters. The SMILES string of the molecule is COc1cc(F)cnc1-c1cnc(Cl)cc1N[C@@H](C)CCOc1c(-c2nccc(N)n2)cnn1C. The summed E-state index contributed by atoms with van der Waals surface area (Å²) < 4.78 is 26.6. The van der Waals surface area contributed by atoms with Gasteiger partial charge >= 0.3 is 0 Å². The largest absolute Gasteiger partial charge is 0.494 e. The molecule has 0 bridgehead atoms. The second-order valence-corrected chi connectivity index (χ2v) is 8.12. The molecular weight excluding hydrogens is 475 g/mol. The van der Waals surface area contributed by atoms with Crippen molar-refractivity contribution in [2.75, 3.05) is 24.8 Å². The second kappa shape index (κ2) is 10.5. The molecular formula is C23H24ClFN8O2. The molecule has 0 fully saturated rings. The predicted octanol–water partition coefficient (Wildman–Crippen LogP) is 3.99. The average Bonchev–Trinajstić information content (AvgIpc) is 3.19. The maximum atomic E-state index is 13.6. The standard InChI is InChI=1S/C23H24ClFN8O2/c1-13(5-7-35-23-16(12-30-33(23)2)22-27-6-4-20(26)32-22)31-17-9-19(24)28-11-15(17)21-18(34-3)8-14(25)10-29-21/h4,6,8-13H,5,7H2,1-3H3,(H,28,31)(H2,26,27,32)/t13-/m0/s1. The smallest absolute Gasteiger partial charge is 0.222 e. The van der Waals surface area contributed by atoms with Gasteiger partial charge in [0.1, 0.15) is 33.8 Å². The number of aryl methyl sites for hydroxylation is 1. The van der Waals surface area contributed by atoms with Crippen molar-refractivity contribution in [1.82, 2.24) is 29.7 Å². The Morgan fingerprint density at radius 2 is 2.00 bits per heavy atom. The Morgan fingerprint density at radius 3 is 2.77 bits per heavy atom. The van der Waals surface area contributed by atoms with E-state index < -0.39 is 5.82 Å². The Balaban J connectivity index is 1.47. The molecule has 1 atom stereocenters.